The number of rotatable bonds is 3. The van der Waals surface area contributed by atoms with Crippen LogP contribution in [0.1, 0.15) is 22.5 Å². The molecule has 1 aromatic heterocycles. The van der Waals surface area contributed by atoms with Gasteiger partial charge in [0.2, 0.25) is 5.95 Å². The number of nitrogen functional groups attached to an aromatic ring is 1. The summed E-state index contributed by atoms with van der Waals surface area (Å²) in [5, 5.41) is 8.08. The first kappa shape index (κ1) is 13.8. The van der Waals surface area contributed by atoms with E-state index in [1.165, 1.54) is 16.7 Å². The van der Waals surface area contributed by atoms with E-state index in [9.17, 15) is 0 Å². The van der Waals surface area contributed by atoms with Crippen LogP contribution in [0.2, 0.25) is 0 Å². The number of fused-ring (bicyclic) bond motifs is 3. The molecule has 0 spiro atoms. The van der Waals surface area contributed by atoms with Crippen molar-refractivity contribution in [2.45, 2.75) is 26.4 Å². The standard InChI is InChI=1S/C18H18N4O/c1-12-2-4-13(5-3-12)11-23-15-7-8-16-14(10-15)6-9-17-20-21-18(19)22(16)17/h2-5,7-8,10H,6,9,11H2,1H3,(H2,19,21). The van der Waals surface area contributed by atoms with Gasteiger partial charge in [-0.15, -0.1) is 10.2 Å². The summed E-state index contributed by atoms with van der Waals surface area (Å²) in [6.07, 6.45) is 1.77. The number of hydrogen-bond acceptors (Lipinski definition) is 4. The Morgan fingerprint density at radius 2 is 1.91 bits per heavy atom. The summed E-state index contributed by atoms with van der Waals surface area (Å²) in [6.45, 7) is 2.65. The van der Waals surface area contributed by atoms with Crippen LogP contribution < -0.4 is 10.5 Å². The van der Waals surface area contributed by atoms with Gasteiger partial charge in [-0.1, -0.05) is 29.8 Å². The molecule has 0 bridgehead atoms. The average Bonchev–Trinajstić information content (AvgIpc) is 2.96. The molecule has 116 valence electrons. The second kappa shape index (κ2) is 5.43. The Kier molecular flexibility index (Phi) is 3.26. The van der Waals surface area contributed by atoms with Crippen LogP contribution in [0.5, 0.6) is 5.75 Å². The zero-order chi connectivity index (χ0) is 15.8. The van der Waals surface area contributed by atoms with Gasteiger partial charge < -0.3 is 10.5 Å². The van der Waals surface area contributed by atoms with Crippen molar-refractivity contribution in [2.24, 2.45) is 0 Å². The van der Waals surface area contributed by atoms with Gasteiger partial charge in [0.15, 0.2) is 0 Å². The van der Waals surface area contributed by atoms with Crippen LogP contribution >= 0.6 is 0 Å². The van der Waals surface area contributed by atoms with E-state index in [1.54, 1.807) is 0 Å². The molecular weight excluding hydrogens is 288 g/mol. The number of ether oxygens (including phenoxy) is 1. The Bertz CT molecular complexity index is 852. The first-order valence-corrected chi connectivity index (χ1v) is 7.72. The Hall–Kier alpha value is -2.82. The van der Waals surface area contributed by atoms with Gasteiger partial charge in [0.05, 0.1) is 5.69 Å². The molecule has 0 amide bonds. The maximum Gasteiger partial charge on any atom is 0.226 e. The number of nitrogens with two attached hydrogens (primary N) is 1. The largest absolute Gasteiger partial charge is 0.489 e. The lowest BCUT2D eigenvalue weighted by atomic mass is 10.0. The fraction of sp³-hybridized carbons (Fsp3) is 0.222. The van der Waals surface area contributed by atoms with Gasteiger partial charge in [-0.05, 0) is 42.7 Å². The molecule has 3 aromatic rings. The first-order chi connectivity index (χ1) is 11.2. The van der Waals surface area contributed by atoms with E-state index in [0.717, 1.165) is 30.1 Å². The zero-order valence-electron chi connectivity index (χ0n) is 13.0. The molecule has 0 fully saturated rings. The van der Waals surface area contributed by atoms with Crippen molar-refractivity contribution in [3.05, 3.63) is 65.0 Å². The van der Waals surface area contributed by atoms with E-state index >= 15 is 0 Å². The Labute approximate surface area is 134 Å². The van der Waals surface area contributed by atoms with Gasteiger partial charge in [-0.25, -0.2) is 0 Å². The Morgan fingerprint density at radius 1 is 1.09 bits per heavy atom. The molecule has 5 heteroatoms. The normalized spacial score (nSPS) is 12.6. The molecular formula is C18H18N4O. The van der Waals surface area contributed by atoms with Crippen LogP contribution in [0, 0.1) is 6.92 Å². The average molecular weight is 306 g/mol. The predicted octanol–water partition coefficient (Wildman–Crippen LogP) is 2.84. The Balaban J connectivity index is 1.56. The SMILES string of the molecule is Cc1ccc(COc2ccc3c(c2)CCc2nnc(N)n2-3)cc1. The summed E-state index contributed by atoms with van der Waals surface area (Å²) >= 11 is 0. The van der Waals surface area contributed by atoms with Crippen LogP contribution in [0.3, 0.4) is 0 Å². The quantitative estimate of drug-likeness (QED) is 0.808. The van der Waals surface area contributed by atoms with Gasteiger partial charge in [0.25, 0.3) is 0 Å². The van der Waals surface area contributed by atoms with Crippen LogP contribution in [0.4, 0.5) is 5.95 Å². The summed E-state index contributed by atoms with van der Waals surface area (Å²) in [6, 6.07) is 14.5. The highest BCUT2D eigenvalue weighted by Gasteiger charge is 2.20. The summed E-state index contributed by atoms with van der Waals surface area (Å²) in [7, 11) is 0. The van der Waals surface area contributed by atoms with Crippen molar-refractivity contribution >= 4 is 5.95 Å². The molecule has 5 nitrogen and oxygen atoms in total. The molecule has 0 saturated carbocycles. The molecule has 1 aliphatic rings. The van der Waals surface area contributed by atoms with Gasteiger partial charge in [0, 0.05) is 6.42 Å². The second-order valence-corrected chi connectivity index (χ2v) is 5.87. The highest BCUT2D eigenvalue weighted by molar-refractivity contribution is 5.52. The van der Waals surface area contributed by atoms with Crippen LogP contribution in [0.25, 0.3) is 5.69 Å². The van der Waals surface area contributed by atoms with E-state index in [1.807, 2.05) is 16.7 Å². The van der Waals surface area contributed by atoms with Crippen LogP contribution in [0.15, 0.2) is 42.5 Å². The third-order valence-electron chi connectivity index (χ3n) is 4.19. The monoisotopic (exact) mass is 306 g/mol. The second-order valence-electron chi connectivity index (χ2n) is 5.87. The molecule has 0 atom stereocenters. The number of aromatic nitrogens is 3. The minimum Gasteiger partial charge on any atom is -0.489 e. The molecule has 0 radical (unpaired) electrons. The number of anilines is 1. The summed E-state index contributed by atoms with van der Waals surface area (Å²) in [4.78, 5) is 0. The fourth-order valence-corrected chi connectivity index (χ4v) is 2.92. The van der Waals surface area contributed by atoms with Gasteiger partial charge in [-0.3, -0.25) is 4.57 Å². The highest BCUT2D eigenvalue weighted by Crippen LogP contribution is 2.29. The predicted molar refractivity (Wildman–Crippen MR) is 88.7 cm³/mol. The van der Waals surface area contributed by atoms with Crippen LogP contribution in [-0.4, -0.2) is 14.8 Å². The van der Waals surface area contributed by atoms with Gasteiger partial charge in [-0.2, -0.15) is 0 Å². The van der Waals surface area contributed by atoms with Crippen molar-refractivity contribution in [3.63, 3.8) is 0 Å². The molecule has 2 aromatic carbocycles. The van der Waals surface area contributed by atoms with Crippen LogP contribution in [-0.2, 0) is 19.4 Å². The molecule has 4 rings (SSSR count). The van der Waals surface area contributed by atoms with E-state index in [2.05, 4.69) is 47.5 Å². The minimum absolute atomic E-state index is 0.439. The van der Waals surface area contributed by atoms with Crippen molar-refractivity contribution < 1.29 is 4.74 Å². The molecule has 0 saturated heterocycles. The van der Waals surface area contributed by atoms with Crippen molar-refractivity contribution in [1.29, 1.82) is 0 Å². The molecule has 0 unspecified atom stereocenters. The molecule has 1 aliphatic heterocycles. The lowest BCUT2D eigenvalue weighted by Gasteiger charge is -2.19. The maximum absolute atomic E-state index is 5.93. The summed E-state index contributed by atoms with van der Waals surface area (Å²) < 4.78 is 7.85. The third-order valence-corrected chi connectivity index (χ3v) is 4.19. The number of nitrogens with zero attached hydrogens (tertiary/aromatic N) is 3. The van der Waals surface area contributed by atoms with Gasteiger partial charge in [0.1, 0.15) is 18.2 Å². The number of aryl methyl sites for hydroxylation is 3. The van der Waals surface area contributed by atoms with Crippen molar-refractivity contribution in [2.75, 3.05) is 5.73 Å². The molecule has 2 N–H and O–H groups in total. The minimum atomic E-state index is 0.439. The highest BCUT2D eigenvalue weighted by atomic mass is 16.5. The van der Waals surface area contributed by atoms with Gasteiger partial charge >= 0.3 is 0 Å². The van der Waals surface area contributed by atoms with E-state index in [0.29, 0.717) is 12.6 Å². The third kappa shape index (κ3) is 2.54. The fourth-order valence-electron chi connectivity index (χ4n) is 2.92. The lowest BCUT2D eigenvalue weighted by Crippen LogP contribution is -2.14. The molecule has 23 heavy (non-hydrogen) atoms. The van der Waals surface area contributed by atoms with E-state index < -0.39 is 0 Å². The van der Waals surface area contributed by atoms with E-state index in [-0.39, 0.29) is 0 Å². The first-order valence-electron chi connectivity index (χ1n) is 7.72. The topological polar surface area (TPSA) is 66.0 Å². The smallest absolute Gasteiger partial charge is 0.226 e. The summed E-state index contributed by atoms with van der Waals surface area (Å²) in [5.41, 5.74) is 10.6. The Morgan fingerprint density at radius 3 is 2.74 bits per heavy atom. The van der Waals surface area contributed by atoms with E-state index in [4.69, 9.17) is 10.5 Å². The summed E-state index contributed by atoms with van der Waals surface area (Å²) in [5.74, 6) is 2.23. The number of hydrogen-bond donors (Lipinski definition) is 1. The number of benzene rings is 2. The van der Waals surface area contributed by atoms with Crippen molar-refractivity contribution in [1.82, 2.24) is 14.8 Å². The molecule has 0 aliphatic carbocycles. The zero-order valence-corrected chi connectivity index (χ0v) is 13.0. The maximum atomic E-state index is 5.93. The molecule has 2 heterocycles. The van der Waals surface area contributed by atoms with Crippen molar-refractivity contribution in [3.8, 4) is 11.4 Å². The lowest BCUT2D eigenvalue weighted by molar-refractivity contribution is 0.306.